The summed E-state index contributed by atoms with van der Waals surface area (Å²) in [6.07, 6.45) is 1.16. The topological polar surface area (TPSA) is 49.0 Å². The number of hydrogen-bond donors (Lipinski definition) is 1. The molecule has 2 aromatic rings. The van der Waals surface area contributed by atoms with Crippen LogP contribution in [0, 0.1) is 0 Å². The second-order valence-corrected chi connectivity index (χ2v) is 7.68. The maximum Gasteiger partial charge on any atom is 0.231 e. The summed E-state index contributed by atoms with van der Waals surface area (Å²) in [7, 11) is 0. The lowest BCUT2D eigenvalue weighted by atomic mass is 9.93. The summed E-state index contributed by atoms with van der Waals surface area (Å²) in [5.41, 5.74) is 3.25. The average molecular weight is 369 g/mol. The van der Waals surface area contributed by atoms with E-state index in [9.17, 15) is 0 Å². The van der Waals surface area contributed by atoms with Crippen molar-refractivity contribution in [2.24, 2.45) is 0 Å². The first-order valence-corrected chi connectivity index (χ1v) is 9.56. The van der Waals surface area contributed by atoms with Crippen LogP contribution in [0.1, 0.15) is 44.4 Å². The molecule has 2 aliphatic heterocycles. The lowest BCUT2D eigenvalue weighted by molar-refractivity contribution is 0.174. The summed E-state index contributed by atoms with van der Waals surface area (Å²) in [5.74, 6) is 3.52. The van der Waals surface area contributed by atoms with E-state index in [0.29, 0.717) is 13.2 Å². The van der Waals surface area contributed by atoms with Crippen molar-refractivity contribution in [3.63, 3.8) is 0 Å². The second-order valence-electron chi connectivity index (χ2n) is 7.68. The predicted molar refractivity (Wildman–Crippen MR) is 104 cm³/mol. The van der Waals surface area contributed by atoms with Crippen LogP contribution >= 0.6 is 0 Å². The van der Waals surface area contributed by atoms with E-state index in [2.05, 4.69) is 44.3 Å². The molecule has 1 atom stereocenters. The Labute approximate surface area is 160 Å². The number of fused-ring (bicyclic) bond motifs is 2. The first-order valence-electron chi connectivity index (χ1n) is 9.56. The summed E-state index contributed by atoms with van der Waals surface area (Å²) in [6.45, 7) is 10.1. The fourth-order valence-corrected chi connectivity index (χ4v) is 3.61. The Morgan fingerprint density at radius 3 is 2.74 bits per heavy atom. The second kappa shape index (κ2) is 6.97. The molecule has 2 aliphatic rings. The minimum Gasteiger partial charge on any atom is -0.494 e. The van der Waals surface area contributed by atoms with Crippen LogP contribution in [0.3, 0.4) is 0 Å². The smallest absolute Gasteiger partial charge is 0.231 e. The predicted octanol–water partition coefficient (Wildman–Crippen LogP) is 4.16. The molecule has 1 unspecified atom stereocenters. The zero-order chi connectivity index (χ0) is 19.0. The first kappa shape index (κ1) is 18.0. The van der Waals surface area contributed by atoms with Gasteiger partial charge in [0, 0.05) is 29.6 Å². The molecule has 0 aromatic heterocycles. The van der Waals surface area contributed by atoms with Crippen molar-refractivity contribution in [3.05, 3.63) is 47.0 Å². The molecule has 1 N–H and O–H groups in total. The largest absolute Gasteiger partial charge is 0.494 e. The number of hydrogen-bond acceptors (Lipinski definition) is 5. The van der Waals surface area contributed by atoms with Gasteiger partial charge in [0.2, 0.25) is 6.79 Å². The highest BCUT2D eigenvalue weighted by atomic mass is 16.7. The third-order valence-electron chi connectivity index (χ3n) is 5.19. The van der Waals surface area contributed by atoms with Gasteiger partial charge in [0.25, 0.3) is 0 Å². The Kier molecular flexibility index (Phi) is 4.64. The Balaban J connectivity index is 1.54. The van der Waals surface area contributed by atoms with E-state index < -0.39 is 0 Å². The summed E-state index contributed by atoms with van der Waals surface area (Å²) < 4.78 is 22.8. The van der Waals surface area contributed by atoms with Gasteiger partial charge < -0.3 is 24.3 Å². The van der Waals surface area contributed by atoms with Crippen molar-refractivity contribution in [2.75, 3.05) is 13.4 Å². The number of ether oxygens (including phenoxy) is 4. The lowest BCUT2D eigenvalue weighted by Gasteiger charge is -2.28. The van der Waals surface area contributed by atoms with Gasteiger partial charge in [0.15, 0.2) is 11.5 Å². The van der Waals surface area contributed by atoms with Crippen LogP contribution in [0.25, 0.3) is 0 Å². The number of nitrogens with one attached hydrogen (secondary N) is 1. The highest BCUT2D eigenvalue weighted by molar-refractivity contribution is 5.49. The molecular formula is C22H27NO4. The summed E-state index contributed by atoms with van der Waals surface area (Å²) in [4.78, 5) is 0. The molecule has 0 radical (unpaired) electrons. The van der Waals surface area contributed by atoms with Crippen molar-refractivity contribution < 1.29 is 18.9 Å². The molecule has 0 bridgehead atoms. The van der Waals surface area contributed by atoms with Gasteiger partial charge in [-0.15, -0.1) is 0 Å². The molecule has 0 fully saturated rings. The van der Waals surface area contributed by atoms with Gasteiger partial charge in [-0.3, -0.25) is 0 Å². The normalized spacial score (nSPS) is 17.6. The summed E-state index contributed by atoms with van der Waals surface area (Å²) >= 11 is 0. The van der Waals surface area contributed by atoms with Gasteiger partial charge in [0.05, 0.1) is 6.61 Å². The van der Waals surface area contributed by atoms with Crippen molar-refractivity contribution in [3.8, 4) is 23.0 Å². The van der Waals surface area contributed by atoms with E-state index in [-0.39, 0.29) is 18.4 Å². The number of benzene rings is 2. The van der Waals surface area contributed by atoms with Crippen LogP contribution in [0.2, 0.25) is 0 Å². The van der Waals surface area contributed by atoms with Crippen molar-refractivity contribution in [2.45, 2.75) is 52.3 Å². The lowest BCUT2D eigenvalue weighted by Crippen LogP contribution is -2.36. The molecule has 0 saturated heterocycles. The van der Waals surface area contributed by atoms with Gasteiger partial charge in [-0.05, 0) is 57.5 Å². The molecule has 5 nitrogen and oxygen atoms in total. The zero-order valence-corrected chi connectivity index (χ0v) is 16.4. The van der Waals surface area contributed by atoms with Crippen LogP contribution in [0.5, 0.6) is 23.0 Å². The van der Waals surface area contributed by atoms with Crippen LogP contribution in [0.4, 0.5) is 0 Å². The van der Waals surface area contributed by atoms with Gasteiger partial charge in [-0.1, -0.05) is 6.07 Å². The quantitative estimate of drug-likeness (QED) is 0.828. The van der Waals surface area contributed by atoms with E-state index in [1.807, 2.05) is 19.1 Å². The monoisotopic (exact) mass is 369 g/mol. The first-order chi connectivity index (χ1) is 13.0. The standard InChI is InChI=1S/C22H27NO4/c1-5-24-19-9-15-8-14(2)27-20(15)10-16(19)12-23-22(3,4)17-6-7-18-21(11-17)26-13-25-18/h6-7,9-11,14,23H,5,8,12-13H2,1-4H3. The van der Waals surface area contributed by atoms with Crippen molar-refractivity contribution >= 4 is 0 Å². The average Bonchev–Trinajstić information content (AvgIpc) is 3.24. The van der Waals surface area contributed by atoms with Crippen LogP contribution < -0.4 is 24.3 Å². The SMILES string of the molecule is CCOc1cc2c(cc1CNC(C)(C)c1ccc3c(c1)OCO3)OC(C)C2. The van der Waals surface area contributed by atoms with Gasteiger partial charge in [-0.25, -0.2) is 0 Å². The molecule has 2 aromatic carbocycles. The highest BCUT2D eigenvalue weighted by Crippen LogP contribution is 2.37. The fourth-order valence-electron chi connectivity index (χ4n) is 3.61. The summed E-state index contributed by atoms with van der Waals surface area (Å²) in [6, 6.07) is 10.3. The van der Waals surface area contributed by atoms with E-state index in [4.69, 9.17) is 18.9 Å². The highest BCUT2D eigenvalue weighted by Gasteiger charge is 2.26. The van der Waals surface area contributed by atoms with Crippen LogP contribution in [-0.2, 0) is 18.5 Å². The Morgan fingerprint density at radius 2 is 1.93 bits per heavy atom. The third kappa shape index (κ3) is 3.56. The molecule has 0 aliphatic carbocycles. The molecule has 144 valence electrons. The Bertz CT molecular complexity index is 846. The maximum absolute atomic E-state index is 5.93. The van der Waals surface area contributed by atoms with Gasteiger partial charge >= 0.3 is 0 Å². The Hall–Kier alpha value is -2.40. The van der Waals surface area contributed by atoms with Crippen molar-refractivity contribution in [1.29, 1.82) is 0 Å². The van der Waals surface area contributed by atoms with E-state index in [1.165, 1.54) is 5.56 Å². The van der Waals surface area contributed by atoms with E-state index in [0.717, 1.165) is 40.5 Å². The molecular weight excluding hydrogens is 342 g/mol. The third-order valence-corrected chi connectivity index (χ3v) is 5.19. The molecule has 5 heteroatoms. The summed E-state index contributed by atoms with van der Waals surface area (Å²) in [5, 5.41) is 3.65. The molecule has 27 heavy (non-hydrogen) atoms. The van der Waals surface area contributed by atoms with Gasteiger partial charge in [-0.2, -0.15) is 0 Å². The maximum atomic E-state index is 5.93. The van der Waals surface area contributed by atoms with Crippen LogP contribution in [0.15, 0.2) is 30.3 Å². The molecule has 0 saturated carbocycles. The Morgan fingerprint density at radius 1 is 1.11 bits per heavy atom. The molecule has 0 spiro atoms. The van der Waals surface area contributed by atoms with E-state index >= 15 is 0 Å². The minimum absolute atomic E-state index is 0.225. The fraction of sp³-hybridized carbons (Fsp3) is 0.455. The molecule has 4 rings (SSSR count). The molecule has 2 heterocycles. The van der Waals surface area contributed by atoms with Crippen LogP contribution in [-0.4, -0.2) is 19.5 Å². The van der Waals surface area contributed by atoms with Gasteiger partial charge in [0.1, 0.15) is 17.6 Å². The zero-order valence-electron chi connectivity index (χ0n) is 16.4. The number of rotatable bonds is 6. The molecule has 0 amide bonds. The minimum atomic E-state index is -0.238. The van der Waals surface area contributed by atoms with Crippen molar-refractivity contribution in [1.82, 2.24) is 5.32 Å². The van der Waals surface area contributed by atoms with E-state index in [1.54, 1.807) is 0 Å².